The van der Waals surface area contributed by atoms with E-state index in [9.17, 15) is 4.79 Å². The topological polar surface area (TPSA) is 79.4 Å². The number of anilines is 1. The van der Waals surface area contributed by atoms with Crippen molar-refractivity contribution in [2.75, 3.05) is 44.7 Å². The Morgan fingerprint density at radius 1 is 1.22 bits per heavy atom. The standard InChI is InChI=1S/C19H29N5O2S/c1-4-6-20-16(25)5-7-21-18-17-13(2)14(3)27-19(17)23-15(22-18)12-24-8-10-26-11-9-24/h4-12H2,1-3H3,(H,20,25)(H,21,22,23). The maximum atomic E-state index is 11.9. The Bertz CT molecular complexity index is 786. The van der Waals surface area contributed by atoms with Crippen LogP contribution in [0.1, 0.15) is 36.0 Å². The lowest BCUT2D eigenvalue weighted by Gasteiger charge is -2.25. The molecule has 1 aliphatic heterocycles. The largest absolute Gasteiger partial charge is 0.379 e. The van der Waals surface area contributed by atoms with Crippen LogP contribution in [0.4, 0.5) is 5.82 Å². The van der Waals surface area contributed by atoms with Gasteiger partial charge >= 0.3 is 0 Å². The number of carbonyl (C=O) groups is 1. The molecule has 1 aliphatic rings. The number of hydrogen-bond acceptors (Lipinski definition) is 7. The molecule has 7 nitrogen and oxygen atoms in total. The van der Waals surface area contributed by atoms with Gasteiger partial charge in [0.15, 0.2) is 0 Å². The first-order valence-corrected chi connectivity index (χ1v) is 10.5. The average molecular weight is 392 g/mol. The zero-order valence-corrected chi connectivity index (χ0v) is 17.2. The number of carbonyl (C=O) groups excluding carboxylic acids is 1. The molecule has 0 unspecified atom stereocenters. The van der Waals surface area contributed by atoms with Crippen molar-refractivity contribution in [3.63, 3.8) is 0 Å². The second-order valence-electron chi connectivity index (χ2n) is 6.87. The molecule has 8 heteroatoms. The van der Waals surface area contributed by atoms with Crippen LogP contribution in [0.25, 0.3) is 10.2 Å². The second-order valence-corrected chi connectivity index (χ2v) is 8.07. The van der Waals surface area contributed by atoms with Crippen molar-refractivity contribution in [3.05, 3.63) is 16.3 Å². The lowest BCUT2D eigenvalue weighted by Crippen LogP contribution is -2.36. The number of amides is 1. The molecule has 2 aromatic rings. The molecule has 1 amide bonds. The number of hydrogen-bond donors (Lipinski definition) is 2. The molecule has 0 aliphatic carbocycles. The van der Waals surface area contributed by atoms with Crippen LogP contribution in [0.3, 0.4) is 0 Å². The molecule has 0 saturated carbocycles. The van der Waals surface area contributed by atoms with E-state index in [1.807, 2.05) is 6.92 Å². The van der Waals surface area contributed by atoms with E-state index in [4.69, 9.17) is 14.7 Å². The van der Waals surface area contributed by atoms with E-state index < -0.39 is 0 Å². The Labute approximate surface area is 164 Å². The summed E-state index contributed by atoms with van der Waals surface area (Å²) in [5, 5.41) is 7.37. The van der Waals surface area contributed by atoms with Crippen LogP contribution < -0.4 is 10.6 Å². The quantitative estimate of drug-likeness (QED) is 0.720. The summed E-state index contributed by atoms with van der Waals surface area (Å²) >= 11 is 1.71. The summed E-state index contributed by atoms with van der Waals surface area (Å²) in [7, 11) is 0. The first kappa shape index (κ1) is 20.0. The van der Waals surface area contributed by atoms with Gasteiger partial charge in [-0.15, -0.1) is 11.3 Å². The molecule has 2 N–H and O–H groups in total. The molecule has 3 heterocycles. The third-order valence-corrected chi connectivity index (χ3v) is 5.86. The fourth-order valence-corrected chi connectivity index (χ4v) is 4.15. The second kappa shape index (κ2) is 9.43. The van der Waals surface area contributed by atoms with Crippen molar-refractivity contribution in [3.8, 4) is 0 Å². The zero-order valence-electron chi connectivity index (χ0n) is 16.4. The van der Waals surface area contributed by atoms with Gasteiger partial charge in [-0.2, -0.15) is 0 Å². The number of morpholine rings is 1. The maximum absolute atomic E-state index is 11.9. The van der Waals surface area contributed by atoms with E-state index in [2.05, 4.69) is 29.4 Å². The van der Waals surface area contributed by atoms with Crippen molar-refractivity contribution in [1.29, 1.82) is 0 Å². The molecule has 3 rings (SSSR count). The summed E-state index contributed by atoms with van der Waals surface area (Å²) < 4.78 is 5.42. The minimum absolute atomic E-state index is 0.0708. The SMILES string of the molecule is CCCNC(=O)CCNc1nc(CN2CCOCC2)nc2sc(C)c(C)c12. The number of nitrogens with one attached hydrogen (secondary N) is 2. The summed E-state index contributed by atoms with van der Waals surface area (Å²) in [5.74, 6) is 1.73. The summed E-state index contributed by atoms with van der Waals surface area (Å²) in [6.07, 6.45) is 1.39. The van der Waals surface area contributed by atoms with Crippen LogP contribution in [0.2, 0.25) is 0 Å². The van der Waals surface area contributed by atoms with Gasteiger partial charge in [0, 0.05) is 37.5 Å². The van der Waals surface area contributed by atoms with E-state index in [1.54, 1.807) is 11.3 Å². The Morgan fingerprint density at radius 3 is 2.74 bits per heavy atom. The smallest absolute Gasteiger partial charge is 0.221 e. The molecule has 0 aromatic carbocycles. The first-order valence-electron chi connectivity index (χ1n) is 9.65. The Morgan fingerprint density at radius 2 is 2.00 bits per heavy atom. The number of ether oxygens (including phenoxy) is 1. The molecule has 1 fully saturated rings. The van der Waals surface area contributed by atoms with Crippen molar-refractivity contribution in [2.24, 2.45) is 0 Å². The third kappa shape index (κ3) is 5.15. The molecule has 2 aromatic heterocycles. The lowest BCUT2D eigenvalue weighted by atomic mass is 10.2. The maximum Gasteiger partial charge on any atom is 0.221 e. The highest BCUT2D eigenvalue weighted by atomic mass is 32.1. The third-order valence-electron chi connectivity index (χ3n) is 4.76. The Kier molecular flexibility index (Phi) is 6.98. The first-order chi connectivity index (χ1) is 13.1. The van der Waals surface area contributed by atoms with Gasteiger partial charge in [-0.05, 0) is 25.8 Å². The summed E-state index contributed by atoms with van der Waals surface area (Å²) in [4.78, 5) is 26.0. The van der Waals surface area contributed by atoms with Gasteiger partial charge in [-0.1, -0.05) is 6.92 Å². The van der Waals surface area contributed by atoms with Crippen LogP contribution in [-0.2, 0) is 16.1 Å². The number of rotatable bonds is 8. The summed E-state index contributed by atoms with van der Waals surface area (Å²) in [6.45, 7) is 11.6. The zero-order chi connectivity index (χ0) is 19.2. The van der Waals surface area contributed by atoms with Gasteiger partial charge in [0.1, 0.15) is 16.5 Å². The molecule has 0 atom stereocenters. The predicted molar refractivity (Wildman–Crippen MR) is 109 cm³/mol. The van der Waals surface area contributed by atoms with E-state index in [-0.39, 0.29) is 5.91 Å². The molecule has 1 saturated heterocycles. The van der Waals surface area contributed by atoms with Gasteiger partial charge in [0.25, 0.3) is 0 Å². The minimum atomic E-state index is 0.0708. The van der Waals surface area contributed by atoms with Gasteiger partial charge in [0.05, 0.1) is 25.1 Å². The average Bonchev–Trinajstić information content (AvgIpc) is 2.95. The van der Waals surface area contributed by atoms with Crippen LogP contribution in [0.15, 0.2) is 0 Å². The van der Waals surface area contributed by atoms with E-state index in [0.717, 1.165) is 67.7 Å². The van der Waals surface area contributed by atoms with Crippen molar-refractivity contribution in [1.82, 2.24) is 20.2 Å². The van der Waals surface area contributed by atoms with Crippen LogP contribution in [0, 0.1) is 13.8 Å². The minimum Gasteiger partial charge on any atom is -0.379 e. The number of aromatic nitrogens is 2. The number of thiophene rings is 1. The highest BCUT2D eigenvalue weighted by Gasteiger charge is 2.17. The van der Waals surface area contributed by atoms with Crippen LogP contribution in [-0.4, -0.2) is 60.2 Å². The predicted octanol–water partition coefficient (Wildman–Crippen LogP) is 2.47. The Balaban J connectivity index is 1.75. The Hall–Kier alpha value is -1.77. The summed E-state index contributed by atoms with van der Waals surface area (Å²) in [6, 6.07) is 0. The highest BCUT2D eigenvalue weighted by Crippen LogP contribution is 2.33. The summed E-state index contributed by atoms with van der Waals surface area (Å²) in [5.41, 5.74) is 1.21. The molecular formula is C19H29N5O2S. The molecule has 27 heavy (non-hydrogen) atoms. The molecule has 0 bridgehead atoms. The van der Waals surface area contributed by atoms with E-state index >= 15 is 0 Å². The fraction of sp³-hybridized carbons (Fsp3) is 0.632. The molecule has 0 spiro atoms. The van der Waals surface area contributed by atoms with Crippen LogP contribution >= 0.6 is 11.3 Å². The van der Waals surface area contributed by atoms with E-state index in [1.165, 1.54) is 10.4 Å². The number of aryl methyl sites for hydroxylation is 2. The monoisotopic (exact) mass is 391 g/mol. The van der Waals surface area contributed by atoms with Gasteiger partial charge in [-0.25, -0.2) is 9.97 Å². The van der Waals surface area contributed by atoms with Crippen LogP contribution in [0.5, 0.6) is 0 Å². The molecule has 0 radical (unpaired) electrons. The number of nitrogens with zero attached hydrogens (tertiary/aromatic N) is 3. The molecular weight excluding hydrogens is 362 g/mol. The van der Waals surface area contributed by atoms with Crippen molar-refractivity contribution >= 4 is 33.3 Å². The van der Waals surface area contributed by atoms with Gasteiger partial charge in [0.2, 0.25) is 5.91 Å². The van der Waals surface area contributed by atoms with Crippen molar-refractivity contribution in [2.45, 2.75) is 40.2 Å². The molecule has 148 valence electrons. The van der Waals surface area contributed by atoms with Gasteiger partial charge < -0.3 is 15.4 Å². The van der Waals surface area contributed by atoms with E-state index in [0.29, 0.717) is 13.0 Å². The lowest BCUT2D eigenvalue weighted by molar-refractivity contribution is -0.120. The normalized spacial score (nSPS) is 15.2. The highest BCUT2D eigenvalue weighted by molar-refractivity contribution is 7.18. The fourth-order valence-electron chi connectivity index (χ4n) is 3.10. The van der Waals surface area contributed by atoms with Crippen molar-refractivity contribution < 1.29 is 9.53 Å². The van der Waals surface area contributed by atoms with Gasteiger partial charge in [-0.3, -0.25) is 9.69 Å². The number of fused-ring (bicyclic) bond motifs is 1.